The molecule has 2 amide bonds. The summed E-state index contributed by atoms with van der Waals surface area (Å²) in [6.07, 6.45) is 1.36. The molecule has 2 aliphatic rings. The van der Waals surface area contributed by atoms with Gasteiger partial charge in [0, 0.05) is 13.1 Å². The highest BCUT2D eigenvalue weighted by molar-refractivity contribution is 5.83. The molecule has 2 aliphatic heterocycles. The van der Waals surface area contributed by atoms with Crippen LogP contribution in [-0.2, 0) is 9.53 Å². The zero-order chi connectivity index (χ0) is 18.7. The first kappa shape index (κ1) is 18.2. The van der Waals surface area contributed by atoms with Gasteiger partial charge in [-0.25, -0.2) is 4.79 Å². The van der Waals surface area contributed by atoms with E-state index in [4.69, 9.17) is 10.00 Å². The maximum absolute atomic E-state index is 12.6. The molecule has 1 aromatic rings. The van der Waals surface area contributed by atoms with Crippen LogP contribution in [0.15, 0.2) is 24.3 Å². The number of likely N-dealkylation sites (tertiary alicyclic amines) is 1. The van der Waals surface area contributed by atoms with Gasteiger partial charge >= 0.3 is 6.09 Å². The number of ether oxygens (including phenoxy) is 1. The summed E-state index contributed by atoms with van der Waals surface area (Å²) in [7, 11) is 0. The standard InChI is InChI=1S/C20H25N3O3/c1-14(2)18-13-26-20(25)23(18)12-19(24)22-8-6-16(7-9-22)17-5-3-4-15(10-17)11-21/h3-5,10,14,16,18H,6-9,12-13H2,1-2H3/t18-/m1/s1. The van der Waals surface area contributed by atoms with Gasteiger partial charge in [0.05, 0.1) is 17.7 Å². The molecule has 26 heavy (non-hydrogen) atoms. The van der Waals surface area contributed by atoms with E-state index in [2.05, 4.69) is 12.1 Å². The molecule has 138 valence electrons. The molecule has 1 atom stereocenters. The van der Waals surface area contributed by atoms with E-state index >= 15 is 0 Å². The van der Waals surface area contributed by atoms with Crippen molar-refractivity contribution in [1.29, 1.82) is 5.26 Å². The number of hydrogen-bond acceptors (Lipinski definition) is 4. The summed E-state index contributed by atoms with van der Waals surface area (Å²) in [4.78, 5) is 28.0. The Labute approximate surface area is 154 Å². The minimum atomic E-state index is -0.389. The van der Waals surface area contributed by atoms with Gasteiger partial charge in [0.15, 0.2) is 0 Å². The number of carbonyl (C=O) groups is 2. The maximum Gasteiger partial charge on any atom is 0.410 e. The Hall–Kier alpha value is -2.55. The second kappa shape index (κ2) is 7.77. The first-order chi connectivity index (χ1) is 12.5. The van der Waals surface area contributed by atoms with Gasteiger partial charge in [0.2, 0.25) is 5.91 Å². The summed E-state index contributed by atoms with van der Waals surface area (Å²) in [6, 6.07) is 9.86. The Balaban J connectivity index is 1.57. The highest BCUT2D eigenvalue weighted by Gasteiger charge is 2.37. The number of benzene rings is 1. The van der Waals surface area contributed by atoms with Gasteiger partial charge in [-0.15, -0.1) is 0 Å². The largest absolute Gasteiger partial charge is 0.447 e. The van der Waals surface area contributed by atoms with E-state index in [1.165, 1.54) is 5.56 Å². The van der Waals surface area contributed by atoms with Crippen LogP contribution >= 0.6 is 0 Å². The van der Waals surface area contributed by atoms with Gasteiger partial charge in [0.25, 0.3) is 0 Å². The lowest BCUT2D eigenvalue weighted by Crippen LogP contribution is -2.47. The van der Waals surface area contributed by atoms with Gasteiger partial charge in [-0.2, -0.15) is 5.26 Å². The zero-order valence-corrected chi connectivity index (χ0v) is 15.4. The average Bonchev–Trinajstić information content (AvgIpc) is 3.02. The molecule has 2 saturated heterocycles. The monoisotopic (exact) mass is 355 g/mol. The van der Waals surface area contributed by atoms with Crippen molar-refractivity contribution in [3.05, 3.63) is 35.4 Å². The Morgan fingerprint density at radius 2 is 2.08 bits per heavy atom. The Bertz CT molecular complexity index is 717. The van der Waals surface area contributed by atoms with Gasteiger partial charge in [-0.3, -0.25) is 9.69 Å². The minimum absolute atomic E-state index is 0.0151. The third-order valence-electron chi connectivity index (χ3n) is 5.42. The molecule has 0 aliphatic carbocycles. The number of hydrogen-bond donors (Lipinski definition) is 0. The Kier molecular flexibility index (Phi) is 5.46. The van der Waals surface area contributed by atoms with E-state index < -0.39 is 0 Å². The summed E-state index contributed by atoms with van der Waals surface area (Å²) in [5, 5.41) is 9.05. The predicted molar refractivity (Wildman–Crippen MR) is 96.4 cm³/mol. The SMILES string of the molecule is CC(C)[C@H]1COC(=O)N1CC(=O)N1CCC(c2cccc(C#N)c2)CC1. The van der Waals surface area contributed by atoms with E-state index in [-0.39, 0.29) is 30.5 Å². The molecule has 3 rings (SSSR count). The third kappa shape index (κ3) is 3.82. The highest BCUT2D eigenvalue weighted by atomic mass is 16.6. The van der Waals surface area contributed by atoms with Crippen LogP contribution in [0.25, 0.3) is 0 Å². The van der Waals surface area contributed by atoms with Crippen LogP contribution in [0, 0.1) is 17.2 Å². The van der Waals surface area contributed by atoms with Crippen LogP contribution in [0.5, 0.6) is 0 Å². The molecule has 0 unspecified atom stereocenters. The van der Waals surface area contributed by atoms with Crippen molar-refractivity contribution in [2.75, 3.05) is 26.2 Å². The fraction of sp³-hybridized carbons (Fsp3) is 0.550. The van der Waals surface area contributed by atoms with Crippen LogP contribution in [-0.4, -0.2) is 54.1 Å². The second-order valence-electron chi connectivity index (χ2n) is 7.41. The first-order valence-electron chi connectivity index (χ1n) is 9.21. The number of cyclic esters (lactones) is 1. The molecular weight excluding hydrogens is 330 g/mol. The topological polar surface area (TPSA) is 73.6 Å². The lowest BCUT2D eigenvalue weighted by atomic mass is 9.88. The molecule has 0 aromatic heterocycles. The lowest BCUT2D eigenvalue weighted by molar-refractivity contribution is -0.133. The van der Waals surface area contributed by atoms with Crippen molar-refractivity contribution < 1.29 is 14.3 Å². The van der Waals surface area contributed by atoms with Gasteiger partial charge in [-0.05, 0) is 42.4 Å². The van der Waals surface area contributed by atoms with Crippen LogP contribution in [0.2, 0.25) is 0 Å². The lowest BCUT2D eigenvalue weighted by Gasteiger charge is -2.34. The summed E-state index contributed by atoms with van der Waals surface area (Å²) in [5.74, 6) is 0.610. The number of nitrogens with zero attached hydrogens (tertiary/aromatic N) is 3. The van der Waals surface area contributed by atoms with Crippen LogP contribution < -0.4 is 0 Å². The fourth-order valence-corrected chi connectivity index (χ4v) is 3.77. The molecule has 0 spiro atoms. The molecule has 0 N–H and O–H groups in total. The molecule has 0 bridgehead atoms. The van der Waals surface area contributed by atoms with Crippen molar-refractivity contribution in [3.8, 4) is 6.07 Å². The quantitative estimate of drug-likeness (QED) is 0.832. The Morgan fingerprint density at radius 3 is 2.73 bits per heavy atom. The number of piperidine rings is 1. The van der Waals surface area contributed by atoms with Gasteiger partial charge in [0.1, 0.15) is 13.2 Å². The van der Waals surface area contributed by atoms with Crippen LogP contribution in [0.1, 0.15) is 43.7 Å². The van der Waals surface area contributed by atoms with Crippen molar-refractivity contribution >= 4 is 12.0 Å². The van der Waals surface area contributed by atoms with Gasteiger partial charge < -0.3 is 9.64 Å². The predicted octanol–water partition coefficient (Wildman–Crippen LogP) is 2.74. The number of amides is 2. The summed E-state index contributed by atoms with van der Waals surface area (Å²) >= 11 is 0. The van der Waals surface area contributed by atoms with E-state index in [0.717, 1.165) is 12.8 Å². The van der Waals surface area contributed by atoms with E-state index in [1.54, 1.807) is 4.90 Å². The minimum Gasteiger partial charge on any atom is -0.447 e. The molecule has 2 heterocycles. The third-order valence-corrected chi connectivity index (χ3v) is 5.42. The average molecular weight is 355 g/mol. The zero-order valence-electron chi connectivity index (χ0n) is 15.4. The van der Waals surface area contributed by atoms with Gasteiger partial charge in [-0.1, -0.05) is 26.0 Å². The molecular formula is C20H25N3O3. The van der Waals surface area contributed by atoms with E-state index in [0.29, 0.717) is 31.2 Å². The molecule has 0 saturated carbocycles. The normalized spacial score (nSPS) is 21.0. The first-order valence-corrected chi connectivity index (χ1v) is 9.21. The van der Waals surface area contributed by atoms with Crippen molar-refractivity contribution in [2.24, 2.45) is 5.92 Å². The molecule has 1 aromatic carbocycles. The summed E-state index contributed by atoms with van der Waals surface area (Å²) < 4.78 is 5.11. The number of carbonyl (C=O) groups excluding carboxylic acids is 2. The smallest absolute Gasteiger partial charge is 0.410 e. The fourth-order valence-electron chi connectivity index (χ4n) is 3.77. The second-order valence-corrected chi connectivity index (χ2v) is 7.41. The van der Waals surface area contributed by atoms with Crippen LogP contribution in [0.4, 0.5) is 4.79 Å². The summed E-state index contributed by atoms with van der Waals surface area (Å²) in [6.45, 7) is 5.87. The van der Waals surface area contributed by atoms with Crippen molar-refractivity contribution in [1.82, 2.24) is 9.80 Å². The highest BCUT2D eigenvalue weighted by Crippen LogP contribution is 2.29. The maximum atomic E-state index is 12.6. The summed E-state index contributed by atoms with van der Waals surface area (Å²) in [5.41, 5.74) is 1.84. The molecule has 2 fully saturated rings. The number of rotatable bonds is 4. The Morgan fingerprint density at radius 1 is 1.35 bits per heavy atom. The van der Waals surface area contributed by atoms with Crippen molar-refractivity contribution in [2.45, 2.75) is 38.6 Å². The van der Waals surface area contributed by atoms with Crippen molar-refractivity contribution in [3.63, 3.8) is 0 Å². The molecule has 0 radical (unpaired) electrons. The number of nitriles is 1. The van der Waals surface area contributed by atoms with Crippen LogP contribution in [0.3, 0.4) is 0 Å². The van der Waals surface area contributed by atoms with E-state index in [1.807, 2.05) is 36.9 Å². The molecule has 6 heteroatoms. The van der Waals surface area contributed by atoms with E-state index in [9.17, 15) is 9.59 Å². The molecule has 6 nitrogen and oxygen atoms in total.